The van der Waals surface area contributed by atoms with Gasteiger partial charge in [0.05, 0.1) is 17.7 Å². The lowest BCUT2D eigenvalue weighted by Gasteiger charge is -1.98. The van der Waals surface area contributed by atoms with Gasteiger partial charge in [0.1, 0.15) is 0 Å². The summed E-state index contributed by atoms with van der Waals surface area (Å²) >= 11 is 1.68. The van der Waals surface area contributed by atoms with Crippen molar-refractivity contribution in [1.29, 1.82) is 0 Å². The van der Waals surface area contributed by atoms with Gasteiger partial charge < -0.3 is 4.74 Å². The van der Waals surface area contributed by atoms with Gasteiger partial charge in [-0.15, -0.1) is 11.3 Å². The third-order valence-corrected chi connectivity index (χ3v) is 3.21. The van der Waals surface area contributed by atoms with Crippen LogP contribution in [0.15, 0.2) is 17.2 Å². The molecule has 0 spiro atoms. The lowest BCUT2D eigenvalue weighted by Crippen LogP contribution is -2.18. The van der Waals surface area contributed by atoms with Crippen molar-refractivity contribution in [3.63, 3.8) is 0 Å². The number of carbonyl (C=O) groups excluding carboxylic acids is 1. The number of carbonyl (C=O) groups is 1. The fourth-order valence-corrected chi connectivity index (χ4v) is 1.88. The molecule has 82 valence electrons. The highest BCUT2D eigenvalue weighted by atomic mass is 32.1. The molecule has 1 aromatic rings. The lowest BCUT2D eigenvalue weighted by molar-refractivity contribution is 0.171. The fraction of sp³-hybridized carbons (Fsp3) is 0.400. The van der Waals surface area contributed by atoms with Crippen LogP contribution in [-0.4, -0.2) is 18.9 Å². The quantitative estimate of drug-likeness (QED) is 0.635. The van der Waals surface area contributed by atoms with E-state index in [0.717, 1.165) is 17.0 Å². The molecule has 5 heteroatoms. The zero-order valence-corrected chi connectivity index (χ0v) is 9.85. The van der Waals surface area contributed by atoms with E-state index < -0.39 is 6.09 Å². The number of thiophene rings is 1. The zero-order valence-electron chi connectivity index (χ0n) is 9.03. The van der Waals surface area contributed by atoms with Crippen LogP contribution in [0.3, 0.4) is 0 Å². The highest BCUT2D eigenvalue weighted by molar-refractivity contribution is 7.14. The van der Waals surface area contributed by atoms with Gasteiger partial charge in [-0.2, -0.15) is 5.10 Å². The van der Waals surface area contributed by atoms with Crippen LogP contribution in [0.2, 0.25) is 0 Å². The van der Waals surface area contributed by atoms with E-state index in [-0.39, 0.29) is 0 Å². The number of nitrogens with one attached hydrogen (secondary N) is 1. The summed E-state index contributed by atoms with van der Waals surface area (Å²) in [5.41, 5.74) is 3.07. The molecule has 0 aliphatic heterocycles. The Hall–Kier alpha value is -1.36. The molecule has 0 atom stereocenters. The Labute approximate surface area is 93.0 Å². The summed E-state index contributed by atoms with van der Waals surface area (Å²) in [7, 11) is 1.31. The van der Waals surface area contributed by atoms with Crippen LogP contribution < -0.4 is 5.43 Å². The highest BCUT2D eigenvalue weighted by Crippen LogP contribution is 2.17. The predicted octanol–water partition coefficient (Wildman–Crippen LogP) is 2.39. The maximum Gasteiger partial charge on any atom is 0.427 e. The molecule has 4 nitrogen and oxygen atoms in total. The van der Waals surface area contributed by atoms with Crippen LogP contribution in [0.4, 0.5) is 4.79 Å². The Balaban J connectivity index is 2.66. The number of aryl methyl sites for hydroxylation is 1. The predicted molar refractivity (Wildman–Crippen MR) is 61.4 cm³/mol. The molecule has 0 aliphatic carbocycles. The summed E-state index contributed by atoms with van der Waals surface area (Å²) < 4.78 is 4.41. The highest BCUT2D eigenvalue weighted by Gasteiger charge is 2.02. The smallest absolute Gasteiger partial charge is 0.427 e. The van der Waals surface area contributed by atoms with Crippen molar-refractivity contribution in [2.24, 2.45) is 5.10 Å². The summed E-state index contributed by atoms with van der Waals surface area (Å²) in [5.74, 6) is 0. The molecule has 1 rings (SSSR count). The first-order valence-electron chi connectivity index (χ1n) is 4.64. The molecule has 15 heavy (non-hydrogen) atoms. The van der Waals surface area contributed by atoms with Crippen molar-refractivity contribution in [1.82, 2.24) is 5.43 Å². The summed E-state index contributed by atoms with van der Waals surface area (Å²) in [6.07, 6.45) is 0.462. The number of hydrogen-bond acceptors (Lipinski definition) is 4. The lowest BCUT2D eigenvalue weighted by atomic mass is 10.3. The average molecular weight is 226 g/mol. The van der Waals surface area contributed by atoms with Gasteiger partial charge in [0, 0.05) is 4.88 Å². The molecule has 0 saturated carbocycles. The van der Waals surface area contributed by atoms with E-state index in [1.807, 2.05) is 13.0 Å². The first kappa shape index (κ1) is 11.7. The normalized spacial score (nSPS) is 11.3. The number of hydrogen-bond donors (Lipinski definition) is 1. The Bertz CT molecular complexity index is 371. The minimum absolute atomic E-state index is 0.554. The van der Waals surface area contributed by atoms with Gasteiger partial charge in [0.2, 0.25) is 0 Å². The third-order valence-electron chi connectivity index (χ3n) is 1.87. The van der Waals surface area contributed by atoms with Crippen molar-refractivity contribution in [3.05, 3.63) is 21.9 Å². The van der Waals surface area contributed by atoms with Gasteiger partial charge in [-0.25, -0.2) is 10.2 Å². The molecule has 0 bridgehead atoms. The number of rotatable bonds is 3. The molecule has 1 heterocycles. The molecular weight excluding hydrogens is 212 g/mol. The molecular formula is C10H14N2O2S. The number of nitrogens with zero attached hydrogens (tertiary/aromatic N) is 1. The SMILES string of the molecule is CCc1ccc(/C(C)=N\NC(=O)OC)s1. The number of hydrazone groups is 1. The van der Waals surface area contributed by atoms with E-state index in [1.165, 1.54) is 12.0 Å². The van der Waals surface area contributed by atoms with Crippen molar-refractivity contribution >= 4 is 23.1 Å². The Morgan fingerprint density at radius 2 is 2.33 bits per heavy atom. The maximum atomic E-state index is 10.8. The van der Waals surface area contributed by atoms with E-state index in [1.54, 1.807) is 11.3 Å². The standard InChI is InChI=1S/C10H14N2O2S/c1-4-8-5-6-9(15-8)7(2)11-12-10(13)14-3/h5-6H,4H2,1-3H3,(H,12,13)/b11-7-. The van der Waals surface area contributed by atoms with Crippen LogP contribution in [0, 0.1) is 0 Å². The molecule has 0 fully saturated rings. The summed E-state index contributed by atoms with van der Waals surface area (Å²) in [5, 5.41) is 3.92. The molecule has 1 N–H and O–H groups in total. The molecule has 1 amide bonds. The third kappa shape index (κ3) is 3.36. The topological polar surface area (TPSA) is 50.7 Å². The van der Waals surface area contributed by atoms with E-state index in [4.69, 9.17) is 0 Å². The first-order chi connectivity index (χ1) is 7.17. The Morgan fingerprint density at radius 3 is 2.87 bits per heavy atom. The minimum atomic E-state index is -0.554. The average Bonchev–Trinajstić information content (AvgIpc) is 2.73. The fourth-order valence-electron chi connectivity index (χ4n) is 0.993. The second-order valence-corrected chi connectivity index (χ2v) is 4.09. The van der Waals surface area contributed by atoms with Crippen LogP contribution in [-0.2, 0) is 11.2 Å². The van der Waals surface area contributed by atoms with E-state index in [0.29, 0.717) is 0 Å². The maximum absolute atomic E-state index is 10.8. The second kappa shape index (κ2) is 5.50. The van der Waals surface area contributed by atoms with E-state index in [9.17, 15) is 4.79 Å². The monoisotopic (exact) mass is 226 g/mol. The first-order valence-corrected chi connectivity index (χ1v) is 5.46. The van der Waals surface area contributed by atoms with Gasteiger partial charge >= 0.3 is 6.09 Å². The van der Waals surface area contributed by atoms with Crippen LogP contribution >= 0.6 is 11.3 Å². The largest absolute Gasteiger partial charge is 0.452 e. The Morgan fingerprint density at radius 1 is 1.60 bits per heavy atom. The molecule has 0 aliphatic rings. The van der Waals surface area contributed by atoms with Gasteiger partial charge in [-0.3, -0.25) is 0 Å². The molecule has 0 radical (unpaired) electrons. The van der Waals surface area contributed by atoms with Gasteiger partial charge in [0.25, 0.3) is 0 Å². The number of ether oxygens (including phenoxy) is 1. The molecule has 0 saturated heterocycles. The number of methoxy groups -OCH3 is 1. The van der Waals surface area contributed by atoms with Gasteiger partial charge in [-0.05, 0) is 25.5 Å². The second-order valence-electron chi connectivity index (χ2n) is 2.92. The van der Waals surface area contributed by atoms with Gasteiger partial charge in [-0.1, -0.05) is 6.92 Å². The van der Waals surface area contributed by atoms with E-state index >= 15 is 0 Å². The van der Waals surface area contributed by atoms with Crippen molar-refractivity contribution < 1.29 is 9.53 Å². The van der Waals surface area contributed by atoms with E-state index in [2.05, 4.69) is 28.3 Å². The summed E-state index contributed by atoms with van der Waals surface area (Å²) in [6.45, 7) is 3.95. The van der Waals surface area contributed by atoms with Crippen molar-refractivity contribution in [3.8, 4) is 0 Å². The molecule has 0 unspecified atom stereocenters. The summed E-state index contributed by atoms with van der Waals surface area (Å²) in [6, 6.07) is 4.07. The van der Waals surface area contributed by atoms with Gasteiger partial charge in [0.15, 0.2) is 0 Å². The Kier molecular flexibility index (Phi) is 4.30. The molecule has 0 aromatic carbocycles. The summed E-state index contributed by atoms with van der Waals surface area (Å²) in [4.78, 5) is 13.1. The van der Waals surface area contributed by atoms with Crippen LogP contribution in [0.1, 0.15) is 23.6 Å². The molecule has 1 aromatic heterocycles. The minimum Gasteiger partial charge on any atom is -0.452 e. The number of amides is 1. The van der Waals surface area contributed by atoms with Crippen molar-refractivity contribution in [2.45, 2.75) is 20.3 Å². The van der Waals surface area contributed by atoms with Crippen LogP contribution in [0.25, 0.3) is 0 Å². The van der Waals surface area contributed by atoms with Crippen molar-refractivity contribution in [2.75, 3.05) is 7.11 Å². The van der Waals surface area contributed by atoms with Crippen LogP contribution in [0.5, 0.6) is 0 Å². The zero-order chi connectivity index (χ0) is 11.3.